The van der Waals surface area contributed by atoms with Crippen LogP contribution in [0.4, 0.5) is 0 Å². The first-order valence-electron chi connectivity index (χ1n) is 4.13. The molecule has 2 heteroatoms. The third-order valence-corrected chi connectivity index (χ3v) is 3.42. The molecule has 2 aliphatic carbocycles. The van der Waals surface area contributed by atoms with Gasteiger partial charge in [-0.25, -0.2) is 0 Å². The zero-order valence-corrected chi connectivity index (χ0v) is 6.89. The molecule has 0 aromatic heterocycles. The van der Waals surface area contributed by atoms with Gasteiger partial charge < -0.3 is 0 Å². The first kappa shape index (κ1) is 7.01. The largest absolute Gasteiger partial charge is 0.291 e. The first-order chi connectivity index (χ1) is 5.05. The molecule has 0 radical (unpaired) electrons. The smallest absolute Gasteiger partial charge is 0.202 e. The third kappa shape index (κ3) is 0.627. The molecule has 0 spiro atoms. The van der Waals surface area contributed by atoms with Crippen LogP contribution >= 0.6 is 0 Å². The standard InChI is InChI=1S/C9H12O2/c1-9(2)5-3-4-6(9)8(11)7(5)10/h5-6H,3-4H2,1-2H3/t5-,6-/m0/s1. The number of hydrogen-bond acceptors (Lipinski definition) is 2. The van der Waals surface area contributed by atoms with E-state index in [9.17, 15) is 9.59 Å². The van der Waals surface area contributed by atoms with Crippen LogP contribution < -0.4 is 0 Å². The maximum absolute atomic E-state index is 11.2. The van der Waals surface area contributed by atoms with Crippen LogP contribution in [0.15, 0.2) is 0 Å². The van der Waals surface area contributed by atoms with Crippen LogP contribution in [0, 0.1) is 17.3 Å². The molecule has 0 heterocycles. The lowest BCUT2D eigenvalue weighted by Gasteiger charge is -2.20. The van der Waals surface area contributed by atoms with Crippen molar-refractivity contribution >= 4 is 11.6 Å². The van der Waals surface area contributed by atoms with Gasteiger partial charge in [-0.05, 0) is 18.3 Å². The van der Waals surface area contributed by atoms with Crippen molar-refractivity contribution in [1.82, 2.24) is 0 Å². The van der Waals surface area contributed by atoms with Gasteiger partial charge >= 0.3 is 0 Å². The van der Waals surface area contributed by atoms with E-state index < -0.39 is 0 Å². The summed E-state index contributed by atoms with van der Waals surface area (Å²) in [4.78, 5) is 22.5. The van der Waals surface area contributed by atoms with Crippen molar-refractivity contribution in [3.63, 3.8) is 0 Å². The minimum atomic E-state index is -0.105. The van der Waals surface area contributed by atoms with Crippen LogP contribution in [-0.4, -0.2) is 11.6 Å². The second-order valence-electron chi connectivity index (χ2n) is 4.23. The molecule has 0 aromatic carbocycles. The lowest BCUT2D eigenvalue weighted by atomic mass is 9.82. The van der Waals surface area contributed by atoms with E-state index in [-0.39, 0.29) is 28.8 Å². The third-order valence-electron chi connectivity index (χ3n) is 3.42. The van der Waals surface area contributed by atoms with Gasteiger partial charge in [-0.1, -0.05) is 13.8 Å². The maximum atomic E-state index is 11.2. The maximum Gasteiger partial charge on any atom is 0.202 e. The lowest BCUT2D eigenvalue weighted by Crippen LogP contribution is -2.20. The fourth-order valence-corrected chi connectivity index (χ4v) is 2.60. The molecule has 0 N–H and O–H groups in total. The highest BCUT2D eigenvalue weighted by Crippen LogP contribution is 2.53. The number of Topliss-reactive ketones (excluding diaryl/α,β-unsaturated/α-hetero) is 2. The Balaban J connectivity index is 2.46. The molecule has 0 saturated heterocycles. The number of carbonyl (C=O) groups excluding carboxylic acids is 2. The van der Waals surface area contributed by atoms with Gasteiger partial charge in [0.2, 0.25) is 11.6 Å². The normalized spacial score (nSPS) is 40.2. The molecule has 0 amide bonds. The summed E-state index contributed by atoms with van der Waals surface area (Å²) in [5.74, 6) is -0.127. The Bertz CT molecular complexity index is 216. The Morgan fingerprint density at radius 3 is 1.64 bits per heavy atom. The summed E-state index contributed by atoms with van der Waals surface area (Å²) in [5, 5.41) is 0. The van der Waals surface area contributed by atoms with E-state index >= 15 is 0 Å². The fourth-order valence-electron chi connectivity index (χ4n) is 2.60. The van der Waals surface area contributed by atoms with E-state index in [0.29, 0.717) is 0 Å². The van der Waals surface area contributed by atoms with Gasteiger partial charge in [0, 0.05) is 11.8 Å². The number of ketones is 2. The highest BCUT2D eigenvalue weighted by molar-refractivity contribution is 6.41. The molecule has 2 fully saturated rings. The Kier molecular flexibility index (Phi) is 1.11. The molecular formula is C9H12O2. The quantitative estimate of drug-likeness (QED) is 0.488. The van der Waals surface area contributed by atoms with Crippen molar-refractivity contribution in [3.05, 3.63) is 0 Å². The van der Waals surface area contributed by atoms with Gasteiger partial charge in [0.1, 0.15) is 0 Å². The van der Waals surface area contributed by atoms with Gasteiger partial charge in [0.05, 0.1) is 0 Å². The summed E-state index contributed by atoms with van der Waals surface area (Å²) in [6, 6.07) is 0. The lowest BCUT2D eigenvalue weighted by molar-refractivity contribution is -0.138. The summed E-state index contributed by atoms with van der Waals surface area (Å²) >= 11 is 0. The number of fused-ring (bicyclic) bond motifs is 2. The van der Waals surface area contributed by atoms with Crippen molar-refractivity contribution in [1.29, 1.82) is 0 Å². The van der Waals surface area contributed by atoms with Gasteiger partial charge in [-0.3, -0.25) is 9.59 Å². The van der Waals surface area contributed by atoms with E-state index in [1.165, 1.54) is 0 Å². The zero-order chi connectivity index (χ0) is 8.22. The van der Waals surface area contributed by atoms with E-state index in [1.54, 1.807) is 0 Å². The van der Waals surface area contributed by atoms with Crippen LogP contribution in [0.5, 0.6) is 0 Å². The number of carbonyl (C=O) groups is 2. The van der Waals surface area contributed by atoms with Crippen LogP contribution in [0.3, 0.4) is 0 Å². The second-order valence-corrected chi connectivity index (χ2v) is 4.23. The Morgan fingerprint density at radius 1 is 1.09 bits per heavy atom. The molecule has 2 rings (SSSR count). The predicted octanol–water partition coefficient (Wildman–Crippen LogP) is 1.19. The Labute approximate surface area is 66.0 Å². The van der Waals surface area contributed by atoms with E-state index in [2.05, 4.69) is 0 Å². The van der Waals surface area contributed by atoms with Gasteiger partial charge in [0.15, 0.2) is 0 Å². The second kappa shape index (κ2) is 1.74. The Hall–Kier alpha value is -0.660. The minimum Gasteiger partial charge on any atom is -0.291 e. The SMILES string of the molecule is CC1(C)[C@H]2CC[C@H]1C(=O)C2=O. The summed E-state index contributed by atoms with van der Waals surface area (Å²) in [7, 11) is 0. The molecule has 2 atom stereocenters. The van der Waals surface area contributed by atoms with Crippen molar-refractivity contribution in [2.45, 2.75) is 26.7 Å². The molecular weight excluding hydrogens is 140 g/mol. The zero-order valence-electron chi connectivity index (χ0n) is 6.89. The van der Waals surface area contributed by atoms with Gasteiger partial charge in [-0.2, -0.15) is 0 Å². The fraction of sp³-hybridized carbons (Fsp3) is 0.778. The minimum absolute atomic E-state index is 0.0336. The summed E-state index contributed by atoms with van der Waals surface area (Å²) in [6.45, 7) is 4.08. The topological polar surface area (TPSA) is 34.1 Å². The molecule has 60 valence electrons. The number of rotatable bonds is 0. The highest BCUT2D eigenvalue weighted by Gasteiger charge is 2.58. The monoisotopic (exact) mass is 152 g/mol. The van der Waals surface area contributed by atoms with E-state index in [0.717, 1.165) is 12.8 Å². The van der Waals surface area contributed by atoms with Crippen LogP contribution in [0.25, 0.3) is 0 Å². The highest BCUT2D eigenvalue weighted by atomic mass is 16.2. The van der Waals surface area contributed by atoms with E-state index in [4.69, 9.17) is 0 Å². The first-order valence-corrected chi connectivity index (χ1v) is 4.13. The van der Waals surface area contributed by atoms with Crippen molar-refractivity contribution < 1.29 is 9.59 Å². The van der Waals surface area contributed by atoms with Gasteiger partial charge in [-0.15, -0.1) is 0 Å². The molecule has 2 saturated carbocycles. The molecule has 11 heavy (non-hydrogen) atoms. The van der Waals surface area contributed by atoms with Gasteiger partial charge in [0.25, 0.3) is 0 Å². The van der Waals surface area contributed by atoms with E-state index in [1.807, 2.05) is 13.8 Å². The molecule has 2 nitrogen and oxygen atoms in total. The average molecular weight is 152 g/mol. The van der Waals surface area contributed by atoms with Crippen molar-refractivity contribution in [2.24, 2.45) is 17.3 Å². The van der Waals surface area contributed by atoms with Crippen LogP contribution in [0.2, 0.25) is 0 Å². The van der Waals surface area contributed by atoms with Crippen molar-refractivity contribution in [3.8, 4) is 0 Å². The molecule has 0 aliphatic heterocycles. The molecule has 0 aromatic rings. The Morgan fingerprint density at radius 2 is 1.45 bits per heavy atom. The predicted molar refractivity (Wildman–Crippen MR) is 40.0 cm³/mol. The van der Waals surface area contributed by atoms with Crippen LogP contribution in [0.1, 0.15) is 26.7 Å². The summed E-state index contributed by atoms with van der Waals surface area (Å²) in [5.41, 5.74) is -0.0336. The molecule has 2 bridgehead atoms. The number of hydrogen-bond donors (Lipinski definition) is 0. The summed E-state index contributed by atoms with van der Waals surface area (Å²) in [6.07, 6.45) is 1.87. The average Bonchev–Trinajstić information content (AvgIpc) is 2.27. The van der Waals surface area contributed by atoms with Crippen LogP contribution in [-0.2, 0) is 9.59 Å². The molecule has 2 aliphatic rings. The molecule has 0 unspecified atom stereocenters. The van der Waals surface area contributed by atoms with Crippen molar-refractivity contribution in [2.75, 3.05) is 0 Å². The summed E-state index contributed by atoms with van der Waals surface area (Å²) < 4.78 is 0.